The molecule has 0 saturated carbocycles. The van der Waals surface area contributed by atoms with Crippen LogP contribution in [-0.4, -0.2) is 25.1 Å². The van der Waals surface area contributed by atoms with Crippen molar-refractivity contribution in [1.29, 1.82) is 5.26 Å². The Labute approximate surface area is 170 Å². The van der Waals surface area contributed by atoms with Gasteiger partial charge in [0.15, 0.2) is 0 Å². The van der Waals surface area contributed by atoms with Crippen molar-refractivity contribution in [2.24, 2.45) is 0 Å². The van der Waals surface area contributed by atoms with Crippen molar-refractivity contribution in [1.82, 2.24) is 0 Å². The summed E-state index contributed by atoms with van der Waals surface area (Å²) >= 11 is 0. The number of esters is 1. The fourth-order valence-electron chi connectivity index (χ4n) is 2.40. The lowest BCUT2D eigenvalue weighted by Gasteiger charge is -2.07. The van der Waals surface area contributed by atoms with Gasteiger partial charge in [-0.25, -0.2) is 4.79 Å². The molecule has 6 nitrogen and oxygen atoms in total. The van der Waals surface area contributed by atoms with Crippen LogP contribution in [0, 0.1) is 11.3 Å². The molecule has 1 amide bonds. The maximum absolute atomic E-state index is 12.5. The first-order valence-corrected chi connectivity index (χ1v) is 9.50. The van der Waals surface area contributed by atoms with Gasteiger partial charge < -0.3 is 14.8 Å². The number of nitrogens with zero attached hydrogens (tertiary/aromatic N) is 1. The first-order valence-electron chi connectivity index (χ1n) is 9.50. The monoisotopic (exact) mass is 392 g/mol. The van der Waals surface area contributed by atoms with Crippen molar-refractivity contribution in [3.63, 3.8) is 0 Å². The predicted octanol–water partition coefficient (Wildman–Crippen LogP) is 4.59. The van der Waals surface area contributed by atoms with Crippen LogP contribution < -0.4 is 10.1 Å². The molecule has 0 spiro atoms. The molecule has 0 aromatic heterocycles. The van der Waals surface area contributed by atoms with Gasteiger partial charge in [0.1, 0.15) is 17.4 Å². The van der Waals surface area contributed by atoms with Crippen molar-refractivity contribution < 1.29 is 19.1 Å². The highest BCUT2D eigenvalue weighted by molar-refractivity contribution is 6.10. The number of nitrogens with one attached hydrogen (secondary N) is 1. The maximum atomic E-state index is 12.5. The van der Waals surface area contributed by atoms with Gasteiger partial charge in [0.2, 0.25) is 0 Å². The number of carbonyl (C=O) groups excluding carboxylic acids is 2. The number of rotatable bonds is 9. The van der Waals surface area contributed by atoms with Crippen molar-refractivity contribution in [2.75, 3.05) is 18.5 Å². The molecule has 0 saturated heterocycles. The largest absolute Gasteiger partial charge is 0.494 e. The van der Waals surface area contributed by atoms with Gasteiger partial charge in [-0.3, -0.25) is 4.79 Å². The minimum Gasteiger partial charge on any atom is -0.494 e. The Morgan fingerprint density at radius 1 is 1.07 bits per heavy atom. The molecule has 0 aliphatic rings. The zero-order valence-electron chi connectivity index (χ0n) is 16.6. The summed E-state index contributed by atoms with van der Waals surface area (Å²) in [7, 11) is 0. The second-order valence-corrected chi connectivity index (χ2v) is 6.26. The van der Waals surface area contributed by atoms with Crippen LogP contribution in [-0.2, 0) is 9.53 Å². The van der Waals surface area contributed by atoms with E-state index in [0.29, 0.717) is 30.0 Å². The summed E-state index contributed by atoms with van der Waals surface area (Å²) in [6.07, 6.45) is 3.14. The Bertz CT molecular complexity index is 911. The Hall–Kier alpha value is -3.59. The number of benzene rings is 2. The van der Waals surface area contributed by atoms with E-state index in [9.17, 15) is 14.9 Å². The lowest BCUT2D eigenvalue weighted by atomic mass is 10.1. The number of anilines is 1. The fourth-order valence-corrected chi connectivity index (χ4v) is 2.40. The van der Waals surface area contributed by atoms with E-state index in [1.165, 1.54) is 12.1 Å². The highest BCUT2D eigenvalue weighted by Crippen LogP contribution is 2.17. The molecule has 0 aliphatic carbocycles. The summed E-state index contributed by atoms with van der Waals surface area (Å²) in [5.74, 6) is -0.277. The molecule has 0 bridgehead atoms. The van der Waals surface area contributed by atoms with Crippen LogP contribution >= 0.6 is 0 Å². The van der Waals surface area contributed by atoms with Gasteiger partial charge in [0.25, 0.3) is 5.91 Å². The lowest BCUT2D eigenvalue weighted by molar-refractivity contribution is -0.112. The van der Waals surface area contributed by atoms with Gasteiger partial charge in [-0.1, -0.05) is 32.0 Å². The third-order valence-electron chi connectivity index (χ3n) is 3.82. The standard InChI is InChI=1S/C23H24N2O4/c1-3-12-28-21-10-8-17(9-11-21)14-19(16-24)22(26)25-20-7-5-6-18(15-20)23(27)29-13-4-2/h5-11,14-15H,3-4,12-13H2,1-2H3,(H,25,26)/b19-14+. The average molecular weight is 392 g/mol. The molecule has 0 heterocycles. The van der Waals surface area contributed by atoms with E-state index < -0.39 is 11.9 Å². The van der Waals surface area contributed by atoms with Gasteiger partial charge in [0, 0.05) is 5.69 Å². The van der Waals surface area contributed by atoms with E-state index in [-0.39, 0.29) is 5.57 Å². The molecule has 6 heteroatoms. The van der Waals surface area contributed by atoms with Gasteiger partial charge in [0.05, 0.1) is 18.8 Å². The van der Waals surface area contributed by atoms with Gasteiger partial charge in [-0.05, 0) is 54.8 Å². The molecule has 0 radical (unpaired) electrons. The van der Waals surface area contributed by atoms with Crippen molar-refractivity contribution in [3.8, 4) is 11.8 Å². The number of hydrogen-bond donors (Lipinski definition) is 1. The Morgan fingerprint density at radius 2 is 1.79 bits per heavy atom. The molecule has 2 aromatic rings. The van der Waals surface area contributed by atoms with Gasteiger partial charge >= 0.3 is 5.97 Å². The molecule has 2 rings (SSSR count). The smallest absolute Gasteiger partial charge is 0.338 e. The number of hydrogen-bond acceptors (Lipinski definition) is 5. The molecule has 1 N–H and O–H groups in total. The molecule has 0 aliphatic heterocycles. The second kappa shape index (κ2) is 11.3. The summed E-state index contributed by atoms with van der Waals surface area (Å²) < 4.78 is 10.6. The van der Waals surface area contributed by atoms with Gasteiger partial charge in [-0.2, -0.15) is 5.26 Å². The van der Waals surface area contributed by atoms with Crippen LogP contribution in [0.25, 0.3) is 6.08 Å². The third-order valence-corrected chi connectivity index (χ3v) is 3.82. The SMILES string of the molecule is CCCOC(=O)c1cccc(NC(=O)/C(C#N)=C/c2ccc(OCCC)cc2)c1. The van der Waals surface area contributed by atoms with E-state index >= 15 is 0 Å². The molecule has 2 aromatic carbocycles. The Balaban J connectivity index is 2.09. The van der Waals surface area contributed by atoms with Crippen molar-refractivity contribution in [2.45, 2.75) is 26.7 Å². The third kappa shape index (κ3) is 6.82. The summed E-state index contributed by atoms with van der Waals surface area (Å²) in [5, 5.41) is 12.0. The zero-order chi connectivity index (χ0) is 21.1. The van der Waals surface area contributed by atoms with E-state index in [1.807, 2.05) is 19.9 Å². The van der Waals surface area contributed by atoms with E-state index in [0.717, 1.165) is 18.6 Å². The molecule has 150 valence electrons. The number of carbonyl (C=O) groups is 2. The molecular formula is C23H24N2O4. The van der Waals surface area contributed by atoms with Gasteiger partial charge in [-0.15, -0.1) is 0 Å². The predicted molar refractivity (Wildman–Crippen MR) is 111 cm³/mol. The minimum atomic E-state index is -0.558. The Kier molecular flexibility index (Phi) is 8.46. The summed E-state index contributed by atoms with van der Waals surface area (Å²) in [5.41, 5.74) is 1.40. The number of nitriles is 1. The van der Waals surface area contributed by atoms with E-state index in [4.69, 9.17) is 9.47 Å². The lowest BCUT2D eigenvalue weighted by Crippen LogP contribution is -2.14. The van der Waals surface area contributed by atoms with E-state index in [2.05, 4.69) is 5.32 Å². The maximum Gasteiger partial charge on any atom is 0.338 e. The van der Waals surface area contributed by atoms with Crippen LogP contribution in [0.15, 0.2) is 54.1 Å². The van der Waals surface area contributed by atoms with Crippen molar-refractivity contribution >= 4 is 23.6 Å². The molecule has 0 unspecified atom stereocenters. The second-order valence-electron chi connectivity index (χ2n) is 6.26. The minimum absolute atomic E-state index is 0.0498. The molecule has 29 heavy (non-hydrogen) atoms. The first kappa shape index (κ1) is 21.7. The summed E-state index contributed by atoms with van der Waals surface area (Å²) in [6, 6.07) is 15.5. The van der Waals surface area contributed by atoms with Crippen LogP contribution in [0.4, 0.5) is 5.69 Å². The van der Waals surface area contributed by atoms with E-state index in [1.54, 1.807) is 42.5 Å². The topological polar surface area (TPSA) is 88.4 Å². The fraction of sp³-hybridized carbons (Fsp3) is 0.261. The molecular weight excluding hydrogens is 368 g/mol. The quantitative estimate of drug-likeness (QED) is 0.383. The number of amides is 1. The van der Waals surface area contributed by atoms with Crippen LogP contribution in [0.3, 0.4) is 0 Å². The molecule has 0 atom stereocenters. The highest BCUT2D eigenvalue weighted by Gasteiger charge is 2.12. The summed E-state index contributed by atoms with van der Waals surface area (Å²) in [6.45, 7) is 4.90. The van der Waals surface area contributed by atoms with Crippen LogP contribution in [0.1, 0.15) is 42.6 Å². The number of ether oxygens (including phenoxy) is 2. The van der Waals surface area contributed by atoms with Crippen molar-refractivity contribution in [3.05, 3.63) is 65.2 Å². The average Bonchev–Trinajstić information content (AvgIpc) is 2.75. The Morgan fingerprint density at radius 3 is 2.45 bits per heavy atom. The zero-order valence-corrected chi connectivity index (χ0v) is 16.6. The summed E-state index contributed by atoms with van der Waals surface area (Å²) in [4.78, 5) is 24.4. The molecule has 0 fully saturated rings. The van der Waals surface area contributed by atoms with Crippen LogP contribution in [0.2, 0.25) is 0 Å². The van der Waals surface area contributed by atoms with Crippen LogP contribution in [0.5, 0.6) is 5.75 Å². The highest BCUT2D eigenvalue weighted by atomic mass is 16.5. The normalized spacial score (nSPS) is 10.7. The first-order chi connectivity index (χ1) is 14.1.